The fraction of sp³-hybridized carbons (Fsp3) is 0.111. The Hall–Kier alpha value is -2.05. The van der Waals surface area contributed by atoms with Gasteiger partial charge in [-0.3, -0.25) is 4.79 Å². The van der Waals surface area contributed by atoms with Gasteiger partial charge >= 0.3 is 0 Å². The van der Waals surface area contributed by atoms with Gasteiger partial charge in [0.2, 0.25) is 0 Å². The van der Waals surface area contributed by atoms with Crippen molar-refractivity contribution in [2.24, 2.45) is 4.99 Å². The molecule has 6 heteroatoms. The van der Waals surface area contributed by atoms with Crippen molar-refractivity contribution in [3.8, 4) is 5.75 Å². The van der Waals surface area contributed by atoms with E-state index < -0.39 is 0 Å². The van der Waals surface area contributed by atoms with Crippen LogP contribution in [0, 0.1) is 0 Å². The maximum atomic E-state index is 12.2. The largest absolute Gasteiger partial charge is 0.492 e. The van der Waals surface area contributed by atoms with Crippen LogP contribution in [0.2, 0.25) is 0 Å². The molecule has 0 aliphatic carbocycles. The van der Waals surface area contributed by atoms with Gasteiger partial charge < -0.3 is 10.1 Å². The molecule has 0 atom stereocenters. The number of hydrogen-bond donors (Lipinski definition) is 1. The van der Waals surface area contributed by atoms with Gasteiger partial charge in [-0.25, -0.2) is 4.99 Å². The molecule has 122 valence electrons. The third kappa shape index (κ3) is 4.07. The molecule has 1 N–H and O–H groups in total. The molecule has 0 saturated carbocycles. The van der Waals surface area contributed by atoms with Gasteiger partial charge in [-0.05, 0) is 54.6 Å². The molecule has 1 heterocycles. The number of nitrogens with one attached hydrogen (secondary N) is 1. The van der Waals surface area contributed by atoms with E-state index in [0.29, 0.717) is 28.1 Å². The van der Waals surface area contributed by atoms with Gasteiger partial charge in [0.05, 0.1) is 11.5 Å². The van der Waals surface area contributed by atoms with Gasteiger partial charge in [0, 0.05) is 4.47 Å². The van der Waals surface area contributed by atoms with Crippen molar-refractivity contribution in [3.63, 3.8) is 0 Å². The Bertz CT molecular complexity index is 833. The smallest absolute Gasteiger partial charge is 0.264 e. The van der Waals surface area contributed by atoms with Gasteiger partial charge in [-0.15, -0.1) is 0 Å². The van der Waals surface area contributed by atoms with Crippen LogP contribution in [-0.4, -0.2) is 17.7 Å². The number of rotatable bonds is 4. The molecule has 1 amide bonds. The summed E-state index contributed by atoms with van der Waals surface area (Å²) >= 11 is 4.75. The molecular formula is C18H15BrN2O2S. The molecule has 1 fully saturated rings. The Morgan fingerprint density at radius 1 is 1.25 bits per heavy atom. The highest BCUT2D eigenvalue weighted by atomic mass is 79.9. The maximum absolute atomic E-state index is 12.2. The van der Waals surface area contributed by atoms with Crippen LogP contribution in [0.1, 0.15) is 12.5 Å². The average molecular weight is 403 g/mol. The molecule has 1 aliphatic heterocycles. The molecule has 0 unspecified atom stereocenters. The van der Waals surface area contributed by atoms with Crippen molar-refractivity contribution in [2.75, 3.05) is 6.61 Å². The Labute approximate surface area is 153 Å². The minimum absolute atomic E-state index is 0.146. The lowest BCUT2D eigenvalue weighted by atomic mass is 10.2. The second kappa shape index (κ2) is 7.68. The Morgan fingerprint density at radius 3 is 2.88 bits per heavy atom. The highest BCUT2D eigenvalue weighted by Gasteiger charge is 2.24. The van der Waals surface area contributed by atoms with E-state index >= 15 is 0 Å². The third-order valence-corrected chi connectivity index (χ3v) is 4.59. The second-order valence-electron chi connectivity index (χ2n) is 4.94. The second-order valence-corrected chi connectivity index (χ2v) is 6.88. The maximum Gasteiger partial charge on any atom is 0.264 e. The predicted octanol–water partition coefficient (Wildman–Crippen LogP) is 4.74. The molecule has 2 aromatic rings. The number of aliphatic imine (C=N–C) groups is 1. The lowest BCUT2D eigenvalue weighted by molar-refractivity contribution is -0.115. The number of benzene rings is 2. The summed E-state index contributed by atoms with van der Waals surface area (Å²) in [6.45, 7) is 2.49. The minimum atomic E-state index is -0.146. The normalized spacial score (nSPS) is 17.3. The fourth-order valence-corrected chi connectivity index (χ4v) is 3.42. The molecule has 24 heavy (non-hydrogen) atoms. The van der Waals surface area contributed by atoms with E-state index in [9.17, 15) is 4.79 Å². The van der Waals surface area contributed by atoms with Crippen molar-refractivity contribution in [2.45, 2.75) is 6.92 Å². The predicted molar refractivity (Wildman–Crippen MR) is 103 cm³/mol. The van der Waals surface area contributed by atoms with Crippen LogP contribution in [0.5, 0.6) is 5.75 Å². The van der Waals surface area contributed by atoms with Gasteiger partial charge in [0.15, 0.2) is 5.17 Å². The van der Waals surface area contributed by atoms with Crippen LogP contribution in [0.4, 0.5) is 5.69 Å². The monoisotopic (exact) mass is 402 g/mol. The van der Waals surface area contributed by atoms with Gasteiger partial charge in [0.1, 0.15) is 11.4 Å². The third-order valence-electron chi connectivity index (χ3n) is 3.18. The van der Waals surface area contributed by atoms with E-state index in [4.69, 9.17) is 4.74 Å². The lowest BCUT2D eigenvalue weighted by Crippen LogP contribution is -2.19. The average Bonchev–Trinajstić information content (AvgIpc) is 2.89. The molecule has 0 radical (unpaired) electrons. The van der Waals surface area contributed by atoms with Crippen LogP contribution in [0.15, 0.2) is 62.9 Å². The summed E-state index contributed by atoms with van der Waals surface area (Å²) in [4.78, 5) is 17.3. The number of thioether (sulfide) groups is 1. The summed E-state index contributed by atoms with van der Waals surface area (Å²) in [7, 11) is 0. The van der Waals surface area contributed by atoms with Crippen LogP contribution in [0.25, 0.3) is 6.08 Å². The number of halogens is 1. The number of ether oxygens (including phenoxy) is 1. The summed E-state index contributed by atoms with van der Waals surface area (Å²) < 4.78 is 6.53. The highest BCUT2D eigenvalue weighted by Crippen LogP contribution is 2.32. The first-order valence-electron chi connectivity index (χ1n) is 7.42. The number of amidine groups is 1. The van der Waals surface area contributed by atoms with Crippen LogP contribution < -0.4 is 10.1 Å². The molecule has 2 aromatic carbocycles. The number of hydrogen-bond acceptors (Lipinski definition) is 4. The van der Waals surface area contributed by atoms with Crippen molar-refractivity contribution in [1.29, 1.82) is 0 Å². The van der Waals surface area contributed by atoms with E-state index in [-0.39, 0.29) is 5.91 Å². The summed E-state index contributed by atoms with van der Waals surface area (Å²) in [6, 6.07) is 15.3. The number of carbonyl (C=O) groups excluding carboxylic acids is 1. The summed E-state index contributed by atoms with van der Waals surface area (Å²) in [6.07, 6.45) is 1.85. The van der Waals surface area contributed by atoms with Crippen molar-refractivity contribution in [3.05, 3.63) is 63.5 Å². The molecule has 3 rings (SSSR count). The number of amides is 1. The molecule has 1 aliphatic rings. The lowest BCUT2D eigenvalue weighted by Gasteiger charge is -2.06. The zero-order valence-corrected chi connectivity index (χ0v) is 15.4. The number of nitrogens with zero attached hydrogens (tertiary/aromatic N) is 1. The van der Waals surface area contributed by atoms with E-state index in [2.05, 4.69) is 26.2 Å². The zero-order valence-electron chi connectivity index (χ0n) is 13.0. The van der Waals surface area contributed by atoms with Gasteiger partial charge in [-0.2, -0.15) is 0 Å². The minimum Gasteiger partial charge on any atom is -0.492 e. The molecule has 0 bridgehead atoms. The van der Waals surface area contributed by atoms with Crippen LogP contribution in [-0.2, 0) is 4.79 Å². The molecule has 4 nitrogen and oxygen atoms in total. The van der Waals surface area contributed by atoms with Crippen LogP contribution in [0.3, 0.4) is 0 Å². The summed E-state index contributed by atoms with van der Waals surface area (Å²) in [5, 5.41) is 3.34. The number of para-hydroxylation sites is 2. The standard InChI is InChI=1S/C18H15BrN2O2S/c1-2-23-15-9-4-3-8-14(15)20-18-21-17(22)16(24-18)11-12-6-5-7-13(19)10-12/h3-11H,2H2,1H3,(H,20,21,22). The first-order chi connectivity index (χ1) is 11.7. The SMILES string of the molecule is CCOc1ccccc1N=C1NC(=O)C(=Cc2cccc(Br)c2)S1. The van der Waals surface area contributed by atoms with Gasteiger partial charge in [0.25, 0.3) is 5.91 Å². The van der Waals surface area contributed by atoms with Crippen molar-refractivity contribution >= 4 is 50.5 Å². The molecular weight excluding hydrogens is 388 g/mol. The Balaban J connectivity index is 1.85. The molecule has 0 spiro atoms. The van der Waals surface area contributed by atoms with E-state index in [0.717, 1.165) is 10.0 Å². The Morgan fingerprint density at radius 2 is 2.08 bits per heavy atom. The van der Waals surface area contributed by atoms with E-state index in [1.54, 1.807) is 0 Å². The molecule has 1 saturated heterocycles. The fourth-order valence-electron chi connectivity index (χ4n) is 2.16. The first-order valence-corrected chi connectivity index (χ1v) is 9.03. The molecule has 0 aromatic heterocycles. The van der Waals surface area contributed by atoms with Crippen molar-refractivity contribution < 1.29 is 9.53 Å². The summed E-state index contributed by atoms with van der Waals surface area (Å²) in [5.74, 6) is 0.555. The first kappa shape index (κ1) is 16.8. The van der Waals surface area contributed by atoms with Crippen molar-refractivity contribution in [1.82, 2.24) is 5.32 Å². The summed E-state index contributed by atoms with van der Waals surface area (Å²) in [5.41, 5.74) is 1.66. The van der Waals surface area contributed by atoms with E-state index in [1.807, 2.05) is 61.5 Å². The van der Waals surface area contributed by atoms with Gasteiger partial charge in [-0.1, -0.05) is 40.2 Å². The topological polar surface area (TPSA) is 50.7 Å². The quantitative estimate of drug-likeness (QED) is 0.751. The Kier molecular flexibility index (Phi) is 5.37. The van der Waals surface area contributed by atoms with Crippen LogP contribution >= 0.6 is 27.7 Å². The zero-order chi connectivity index (χ0) is 16.9. The number of carbonyl (C=O) groups is 1. The highest BCUT2D eigenvalue weighted by molar-refractivity contribution is 9.10. The van der Waals surface area contributed by atoms with E-state index in [1.165, 1.54) is 11.8 Å².